The second-order valence-corrected chi connectivity index (χ2v) is 9.79. The molecule has 2 atom stereocenters. The Kier molecular flexibility index (Phi) is 7.70. The van der Waals surface area contributed by atoms with E-state index in [4.69, 9.17) is 16.6 Å². The number of hydrogen-bond donors (Lipinski definition) is 4. The molecule has 1 aliphatic carbocycles. The van der Waals surface area contributed by atoms with Crippen molar-refractivity contribution in [1.82, 2.24) is 20.3 Å². The summed E-state index contributed by atoms with van der Waals surface area (Å²) in [4.78, 5) is 37.0. The molecule has 0 radical (unpaired) electrons. The fourth-order valence-corrected chi connectivity index (χ4v) is 5.03. The van der Waals surface area contributed by atoms with Gasteiger partial charge < -0.3 is 20.9 Å². The molecule has 2 heterocycles. The zero-order chi connectivity index (χ0) is 26.5. The minimum absolute atomic E-state index is 0.0307. The number of H-pyrrole nitrogens is 1. The number of aromatic nitrogens is 3. The maximum atomic E-state index is 12.9. The van der Waals surface area contributed by atoms with Crippen LogP contribution in [0.1, 0.15) is 43.0 Å². The number of amides is 2. The van der Waals surface area contributed by atoms with Crippen LogP contribution in [0, 0.1) is 0 Å². The number of para-hydroxylation sites is 1. The van der Waals surface area contributed by atoms with Gasteiger partial charge in [0, 0.05) is 46.0 Å². The van der Waals surface area contributed by atoms with E-state index in [1.807, 2.05) is 30.5 Å². The highest BCUT2D eigenvalue weighted by atomic mass is 35.5. The van der Waals surface area contributed by atoms with E-state index in [2.05, 4.69) is 25.9 Å². The molecule has 4 aromatic rings. The van der Waals surface area contributed by atoms with Gasteiger partial charge in [0.15, 0.2) is 0 Å². The standard InChI is InChI=1S/C29H29ClN6O2/c1-2-6-26(37)33-19-13-11-18(12-14-19)28(38)34-20-7-5-8-21(15-20)35-29-32-17-24(30)27(36-29)23-16-31-25-10-4-3-9-22(23)25/h2-4,6,9-14,16-17,20-21,31H,5,7-8,15H2,1H3,(H,33,37)(H,34,38)(H,32,35,36)/t20-,21+/m0/s1. The lowest BCUT2D eigenvalue weighted by atomic mass is 9.91. The summed E-state index contributed by atoms with van der Waals surface area (Å²) in [6, 6.07) is 15.1. The van der Waals surface area contributed by atoms with E-state index in [0.29, 0.717) is 27.9 Å². The van der Waals surface area contributed by atoms with E-state index in [1.165, 1.54) is 6.08 Å². The van der Waals surface area contributed by atoms with Crippen molar-refractivity contribution in [2.75, 3.05) is 10.6 Å². The molecule has 1 saturated carbocycles. The summed E-state index contributed by atoms with van der Waals surface area (Å²) in [5, 5.41) is 10.9. The molecule has 194 valence electrons. The molecule has 2 aromatic heterocycles. The maximum Gasteiger partial charge on any atom is 0.251 e. The van der Waals surface area contributed by atoms with Crippen molar-refractivity contribution in [2.24, 2.45) is 0 Å². The molecule has 2 amide bonds. The van der Waals surface area contributed by atoms with Crippen LogP contribution in [0.5, 0.6) is 0 Å². The largest absolute Gasteiger partial charge is 0.360 e. The number of nitrogens with one attached hydrogen (secondary N) is 4. The molecule has 2 aromatic carbocycles. The zero-order valence-electron chi connectivity index (χ0n) is 21.0. The van der Waals surface area contributed by atoms with Gasteiger partial charge >= 0.3 is 0 Å². The molecule has 0 spiro atoms. The summed E-state index contributed by atoms with van der Waals surface area (Å²) in [6.07, 6.45) is 10.3. The Morgan fingerprint density at radius 1 is 1.08 bits per heavy atom. The Hall–Kier alpha value is -4.17. The second kappa shape index (κ2) is 11.5. The van der Waals surface area contributed by atoms with Gasteiger partial charge in [-0.05, 0) is 69.0 Å². The Morgan fingerprint density at radius 3 is 2.68 bits per heavy atom. The first kappa shape index (κ1) is 25.5. The highest BCUT2D eigenvalue weighted by Crippen LogP contribution is 2.32. The third-order valence-electron chi connectivity index (χ3n) is 6.66. The molecule has 0 unspecified atom stereocenters. The summed E-state index contributed by atoms with van der Waals surface area (Å²) in [5.74, 6) is 0.178. The summed E-state index contributed by atoms with van der Waals surface area (Å²) in [5.41, 5.74) is 3.81. The van der Waals surface area contributed by atoms with E-state index in [9.17, 15) is 9.59 Å². The highest BCUT2D eigenvalue weighted by Gasteiger charge is 2.25. The minimum Gasteiger partial charge on any atom is -0.360 e. The monoisotopic (exact) mass is 528 g/mol. The first-order valence-corrected chi connectivity index (χ1v) is 13.1. The minimum atomic E-state index is -0.205. The summed E-state index contributed by atoms with van der Waals surface area (Å²) >= 11 is 6.48. The smallest absolute Gasteiger partial charge is 0.251 e. The Morgan fingerprint density at radius 2 is 1.87 bits per heavy atom. The predicted molar refractivity (Wildman–Crippen MR) is 151 cm³/mol. The molecule has 8 nitrogen and oxygen atoms in total. The van der Waals surface area contributed by atoms with E-state index in [0.717, 1.165) is 42.1 Å². The van der Waals surface area contributed by atoms with Crippen LogP contribution in [0.25, 0.3) is 22.2 Å². The normalized spacial score (nSPS) is 17.4. The van der Waals surface area contributed by atoms with Crippen LogP contribution >= 0.6 is 11.6 Å². The van der Waals surface area contributed by atoms with Gasteiger partial charge in [-0.3, -0.25) is 9.59 Å². The van der Waals surface area contributed by atoms with Crippen LogP contribution in [-0.4, -0.2) is 38.8 Å². The molecule has 0 saturated heterocycles. The zero-order valence-corrected chi connectivity index (χ0v) is 21.8. The summed E-state index contributed by atoms with van der Waals surface area (Å²) in [7, 11) is 0. The van der Waals surface area contributed by atoms with Crippen molar-refractivity contribution in [3.05, 3.63) is 83.7 Å². The Bertz CT molecular complexity index is 1480. The predicted octanol–water partition coefficient (Wildman–Crippen LogP) is 5.95. The van der Waals surface area contributed by atoms with Crippen LogP contribution in [-0.2, 0) is 4.79 Å². The average Bonchev–Trinajstić information content (AvgIpc) is 3.34. The van der Waals surface area contributed by atoms with E-state index < -0.39 is 0 Å². The van der Waals surface area contributed by atoms with Crippen molar-refractivity contribution >= 4 is 46.0 Å². The average molecular weight is 529 g/mol. The fourth-order valence-electron chi connectivity index (χ4n) is 4.84. The number of aromatic amines is 1. The lowest BCUT2D eigenvalue weighted by Gasteiger charge is -2.30. The molecule has 0 bridgehead atoms. The van der Waals surface area contributed by atoms with Crippen LogP contribution < -0.4 is 16.0 Å². The SMILES string of the molecule is CC=CC(=O)Nc1ccc(C(=O)N[C@H]2CCC[C@@H](Nc3ncc(Cl)c(-c4c[nH]c5ccccc45)n3)C2)cc1. The topological polar surface area (TPSA) is 112 Å². The molecule has 4 N–H and O–H groups in total. The third kappa shape index (κ3) is 5.86. The van der Waals surface area contributed by atoms with Crippen molar-refractivity contribution in [1.29, 1.82) is 0 Å². The van der Waals surface area contributed by atoms with E-state index in [1.54, 1.807) is 43.5 Å². The number of carbonyl (C=O) groups excluding carboxylic acids is 2. The lowest BCUT2D eigenvalue weighted by molar-refractivity contribution is -0.111. The van der Waals surface area contributed by atoms with Gasteiger partial charge in [0.05, 0.1) is 16.9 Å². The molecule has 9 heteroatoms. The van der Waals surface area contributed by atoms with Crippen molar-refractivity contribution < 1.29 is 9.59 Å². The van der Waals surface area contributed by atoms with Crippen LogP contribution in [0.3, 0.4) is 0 Å². The van der Waals surface area contributed by atoms with Gasteiger partial charge in [-0.15, -0.1) is 0 Å². The molecule has 1 aliphatic rings. The summed E-state index contributed by atoms with van der Waals surface area (Å²) in [6.45, 7) is 1.78. The van der Waals surface area contributed by atoms with Crippen LogP contribution in [0.2, 0.25) is 5.02 Å². The first-order valence-electron chi connectivity index (χ1n) is 12.7. The van der Waals surface area contributed by atoms with E-state index in [-0.39, 0.29) is 23.9 Å². The number of allylic oxidation sites excluding steroid dienone is 1. The second-order valence-electron chi connectivity index (χ2n) is 9.38. The molecule has 0 aliphatic heterocycles. The van der Waals surface area contributed by atoms with Crippen LogP contribution in [0.15, 0.2) is 73.1 Å². The Balaban J connectivity index is 1.22. The van der Waals surface area contributed by atoms with Gasteiger partial charge in [0.2, 0.25) is 11.9 Å². The van der Waals surface area contributed by atoms with Crippen molar-refractivity contribution in [2.45, 2.75) is 44.7 Å². The first-order chi connectivity index (χ1) is 18.5. The molecule has 38 heavy (non-hydrogen) atoms. The van der Waals surface area contributed by atoms with Crippen molar-refractivity contribution in [3.63, 3.8) is 0 Å². The molecule has 1 fully saturated rings. The fraction of sp³-hybridized carbons (Fsp3) is 0.241. The van der Waals surface area contributed by atoms with Gasteiger partial charge in [-0.1, -0.05) is 35.9 Å². The number of halogens is 1. The number of nitrogens with zero attached hydrogens (tertiary/aromatic N) is 2. The van der Waals surface area contributed by atoms with Gasteiger partial charge in [-0.2, -0.15) is 0 Å². The number of fused-ring (bicyclic) bond motifs is 1. The summed E-state index contributed by atoms with van der Waals surface area (Å²) < 4.78 is 0. The van der Waals surface area contributed by atoms with E-state index >= 15 is 0 Å². The number of benzene rings is 2. The number of carbonyl (C=O) groups is 2. The van der Waals surface area contributed by atoms with Gasteiger partial charge in [-0.25, -0.2) is 9.97 Å². The van der Waals surface area contributed by atoms with Gasteiger partial charge in [0.25, 0.3) is 5.91 Å². The number of hydrogen-bond acceptors (Lipinski definition) is 5. The number of anilines is 2. The lowest BCUT2D eigenvalue weighted by Crippen LogP contribution is -2.42. The Labute approximate surface area is 225 Å². The number of rotatable bonds is 7. The third-order valence-corrected chi connectivity index (χ3v) is 6.94. The molecular weight excluding hydrogens is 500 g/mol. The van der Waals surface area contributed by atoms with Crippen molar-refractivity contribution in [3.8, 4) is 11.3 Å². The molecular formula is C29H29ClN6O2. The highest BCUT2D eigenvalue weighted by molar-refractivity contribution is 6.33. The maximum absolute atomic E-state index is 12.9. The van der Waals surface area contributed by atoms with Gasteiger partial charge in [0.1, 0.15) is 0 Å². The van der Waals surface area contributed by atoms with Crippen LogP contribution in [0.4, 0.5) is 11.6 Å². The molecule has 5 rings (SSSR count). The quantitative estimate of drug-likeness (QED) is 0.222.